The third-order valence-electron chi connectivity index (χ3n) is 4.67. The number of nitro benzene ring substituents is 1. The number of benzene rings is 1. The van der Waals surface area contributed by atoms with E-state index >= 15 is 0 Å². The van der Waals surface area contributed by atoms with Gasteiger partial charge >= 0.3 is 13.2 Å². The number of nitro groups is 1. The third kappa shape index (κ3) is 4.98. The molecule has 1 aromatic rings. The van der Waals surface area contributed by atoms with E-state index in [0.717, 1.165) is 0 Å². The maximum Gasteiger partial charge on any atom is 0.495 e. The SMILES string of the molecule is CC(C)(C)OC(=O)NCc1ccc([N+](=O)[O-])cc1B1OC(C)(C)C(C)(C)O1. The lowest BCUT2D eigenvalue weighted by molar-refractivity contribution is -0.384. The van der Waals surface area contributed by atoms with Crippen molar-refractivity contribution >= 4 is 24.4 Å². The van der Waals surface area contributed by atoms with Gasteiger partial charge in [0.2, 0.25) is 0 Å². The van der Waals surface area contributed by atoms with Crippen molar-refractivity contribution in [3.63, 3.8) is 0 Å². The molecule has 1 aromatic carbocycles. The number of non-ortho nitro benzene ring substituents is 1. The van der Waals surface area contributed by atoms with Crippen molar-refractivity contribution in [3.8, 4) is 0 Å². The number of nitrogens with zero attached hydrogens (tertiary/aromatic N) is 1. The first kappa shape index (κ1) is 21.2. The fraction of sp³-hybridized carbons (Fsp3) is 0.611. The Bertz CT molecular complexity index is 726. The molecule has 2 rings (SSSR count). The van der Waals surface area contributed by atoms with Crippen LogP contribution >= 0.6 is 0 Å². The van der Waals surface area contributed by atoms with E-state index in [2.05, 4.69) is 5.32 Å². The standard InChI is InChI=1S/C18H27BN2O6/c1-16(2,3)25-15(22)20-11-12-8-9-13(21(23)24)10-14(12)19-26-17(4,5)18(6,7)27-19/h8-10H,11H2,1-7H3,(H,20,22). The number of amides is 1. The molecule has 1 fully saturated rings. The van der Waals surface area contributed by atoms with Crippen molar-refractivity contribution in [2.45, 2.75) is 71.8 Å². The molecule has 0 atom stereocenters. The van der Waals surface area contributed by atoms with Crippen LogP contribution in [0.3, 0.4) is 0 Å². The number of alkyl carbamates (subject to hydrolysis) is 1. The van der Waals surface area contributed by atoms with Crippen LogP contribution < -0.4 is 10.8 Å². The fourth-order valence-electron chi connectivity index (χ4n) is 2.53. The first-order valence-corrected chi connectivity index (χ1v) is 8.81. The van der Waals surface area contributed by atoms with E-state index < -0.39 is 34.9 Å². The highest BCUT2D eigenvalue weighted by molar-refractivity contribution is 6.62. The van der Waals surface area contributed by atoms with Crippen LogP contribution in [0.1, 0.15) is 54.0 Å². The topological polar surface area (TPSA) is 99.9 Å². The van der Waals surface area contributed by atoms with E-state index in [0.29, 0.717) is 11.0 Å². The Morgan fingerprint density at radius 2 is 1.78 bits per heavy atom. The van der Waals surface area contributed by atoms with Gasteiger partial charge in [0.1, 0.15) is 5.60 Å². The summed E-state index contributed by atoms with van der Waals surface area (Å²) in [6.07, 6.45) is -0.569. The summed E-state index contributed by atoms with van der Waals surface area (Å²) in [6.45, 7) is 13.1. The van der Waals surface area contributed by atoms with Gasteiger partial charge < -0.3 is 19.4 Å². The molecule has 1 heterocycles. The van der Waals surface area contributed by atoms with E-state index in [4.69, 9.17) is 14.0 Å². The molecular weight excluding hydrogens is 351 g/mol. The van der Waals surface area contributed by atoms with Gasteiger partial charge in [0, 0.05) is 18.7 Å². The molecule has 1 saturated heterocycles. The second-order valence-electron chi connectivity index (χ2n) is 8.58. The van der Waals surface area contributed by atoms with Gasteiger partial charge in [-0.25, -0.2) is 4.79 Å². The van der Waals surface area contributed by atoms with Crippen LogP contribution in [-0.2, 0) is 20.6 Å². The van der Waals surface area contributed by atoms with Gasteiger partial charge in [0.25, 0.3) is 5.69 Å². The lowest BCUT2D eigenvalue weighted by Gasteiger charge is -2.32. The number of carbonyl (C=O) groups is 1. The predicted octanol–water partition coefficient (Wildman–Crippen LogP) is 2.92. The Morgan fingerprint density at radius 1 is 1.22 bits per heavy atom. The molecule has 0 saturated carbocycles. The Morgan fingerprint density at radius 3 is 2.26 bits per heavy atom. The minimum Gasteiger partial charge on any atom is -0.444 e. The number of carbonyl (C=O) groups excluding carboxylic acids is 1. The summed E-state index contributed by atoms with van der Waals surface area (Å²) < 4.78 is 17.3. The van der Waals surface area contributed by atoms with Gasteiger partial charge in [-0.1, -0.05) is 6.07 Å². The maximum atomic E-state index is 11.9. The summed E-state index contributed by atoms with van der Waals surface area (Å²) in [5.41, 5.74) is -0.686. The summed E-state index contributed by atoms with van der Waals surface area (Å²) in [5.74, 6) is 0. The third-order valence-corrected chi connectivity index (χ3v) is 4.67. The molecule has 1 amide bonds. The molecule has 8 nitrogen and oxygen atoms in total. The number of rotatable bonds is 4. The monoisotopic (exact) mass is 378 g/mol. The molecule has 0 spiro atoms. The second-order valence-corrected chi connectivity index (χ2v) is 8.58. The predicted molar refractivity (Wildman–Crippen MR) is 102 cm³/mol. The van der Waals surface area contributed by atoms with Crippen LogP contribution in [0.5, 0.6) is 0 Å². The van der Waals surface area contributed by atoms with E-state index in [-0.39, 0.29) is 12.2 Å². The van der Waals surface area contributed by atoms with Gasteiger partial charge in [0.05, 0.1) is 16.1 Å². The highest BCUT2D eigenvalue weighted by Gasteiger charge is 2.52. The van der Waals surface area contributed by atoms with Crippen LogP contribution in [0.2, 0.25) is 0 Å². The molecule has 0 bridgehead atoms. The van der Waals surface area contributed by atoms with Gasteiger partial charge in [-0.05, 0) is 59.5 Å². The fourth-order valence-corrected chi connectivity index (χ4v) is 2.53. The summed E-state index contributed by atoms with van der Waals surface area (Å²) >= 11 is 0. The van der Waals surface area contributed by atoms with Crippen molar-refractivity contribution in [3.05, 3.63) is 33.9 Å². The number of nitrogens with one attached hydrogen (secondary N) is 1. The van der Waals surface area contributed by atoms with Crippen molar-refractivity contribution in [2.75, 3.05) is 0 Å². The summed E-state index contributed by atoms with van der Waals surface area (Å²) in [7, 11) is -0.773. The van der Waals surface area contributed by atoms with Crippen molar-refractivity contribution < 1.29 is 23.8 Å². The van der Waals surface area contributed by atoms with Crippen LogP contribution in [0, 0.1) is 10.1 Å². The maximum absolute atomic E-state index is 11.9. The van der Waals surface area contributed by atoms with Gasteiger partial charge in [-0.15, -0.1) is 0 Å². The smallest absolute Gasteiger partial charge is 0.444 e. The van der Waals surface area contributed by atoms with E-state index in [1.54, 1.807) is 26.8 Å². The zero-order valence-electron chi connectivity index (χ0n) is 16.9. The summed E-state index contributed by atoms with van der Waals surface area (Å²) in [6, 6.07) is 4.41. The molecule has 1 N–H and O–H groups in total. The molecule has 0 unspecified atom stereocenters. The lowest BCUT2D eigenvalue weighted by Crippen LogP contribution is -2.41. The molecular formula is C18H27BN2O6. The number of hydrogen-bond donors (Lipinski definition) is 1. The summed E-state index contributed by atoms with van der Waals surface area (Å²) in [5, 5.41) is 13.9. The van der Waals surface area contributed by atoms with Crippen LogP contribution in [0.15, 0.2) is 18.2 Å². The molecule has 1 aliphatic rings. The first-order chi connectivity index (χ1) is 12.2. The Hall–Kier alpha value is -2.13. The Balaban J connectivity index is 2.28. The molecule has 27 heavy (non-hydrogen) atoms. The molecule has 148 valence electrons. The minimum atomic E-state index is -0.773. The molecule has 0 radical (unpaired) electrons. The van der Waals surface area contributed by atoms with E-state index in [9.17, 15) is 14.9 Å². The van der Waals surface area contributed by atoms with Crippen molar-refractivity contribution in [2.24, 2.45) is 0 Å². The van der Waals surface area contributed by atoms with Gasteiger partial charge in [0.15, 0.2) is 0 Å². The van der Waals surface area contributed by atoms with E-state index in [1.807, 2.05) is 27.7 Å². The molecule has 0 aromatic heterocycles. The van der Waals surface area contributed by atoms with Crippen molar-refractivity contribution in [1.29, 1.82) is 0 Å². The minimum absolute atomic E-state index is 0.0688. The van der Waals surface area contributed by atoms with Crippen molar-refractivity contribution in [1.82, 2.24) is 5.32 Å². The zero-order chi connectivity index (χ0) is 20.6. The number of ether oxygens (including phenoxy) is 1. The van der Waals surface area contributed by atoms with Gasteiger partial charge in [-0.3, -0.25) is 10.1 Å². The van der Waals surface area contributed by atoms with Gasteiger partial charge in [-0.2, -0.15) is 0 Å². The highest BCUT2D eigenvalue weighted by Crippen LogP contribution is 2.37. The average Bonchev–Trinajstić information content (AvgIpc) is 2.71. The first-order valence-electron chi connectivity index (χ1n) is 8.81. The van der Waals surface area contributed by atoms with Crippen LogP contribution in [0.4, 0.5) is 10.5 Å². The Labute approximate surface area is 159 Å². The quantitative estimate of drug-likeness (QED) is 0.491. The summed E-state index contributed by atoms with van der Waals surface area (Å²) in [4.78, 5) is 22.7. The molecule has 9 heteroatoms. The van der Waals surface area contributed by atoms with E-state index in [1.165, 1.54) is 12.1 Å². The van der Waals surface area contributed by atoms with Crippen LogP contribution in [-0.4, -0.2) is 34.9 Å². The zero-order valence-corrected chi connectivity index (χ0v) is 16.9. The largest absolute Gasteiger partial charge is 0.495 e. The van der Waals surface area contributed by atoms with Crippen LogP contribution in [0.25, 0.3) is 0 Å². The lowest BCUT2D eigenvalue weighted by atomic mass is 9.75. The molecule has 0 aliphatic carbocycles. The Kier molecular flexibility index (Phi) is 5.59. The normalized spacial score (nSPS) is 18.3. The second kappa shape index (κ2) is 7.12. The highest BCUT2D eigenvalue weighted by atomic mass is 16.7. The molecule has 1 aliphatic heterocycles. The average molecular weight is 378 g/mol. The number of hydrogen-bond acceptors (Lipinski definition) is 6.